The number of carbonyl (C=O) groups is 1. The van der Waals surface area contributed by atoms with Crippen LogP contribution in [-0.2, 0) is 16.0 Å². The van der Waals surface area contributed by atoms with Crippen molar-refractivity contribution in [3.63, 3.8) is 0 Å². The van der Waals surface area contributed by atoms with Gasteiger partial charge in [0, 0.05) is 24.0 Å². The van der Waals surface area contributed by atoms with Crippen molar-refractivity contribution < 1.29 is 44.7 Å². The molecular weight excluding hydrogens is 512 g/mol. The van der Waals surface area contributed by atoms with Gasteiger partial charge in [0.25, 0.3) is 0 Å². The lowest BCUT2D eigenvalue weighted by Gasteiger charge is -2.31. The largest absolute Gasteiger partial charge is 0.456 e. The van der Waals surface area contributed by atoms with Crippen molar-refractivity contribution in [1.82, 2.24) is 9.97 Å². The van der Waals surface area contributed by atoms with Crippen molar-refractivity contribution in [3.8, 4) is 11.4 Å². The van der Waals surface area contributed by atoms with Gasteiger partial charge in [0.1, 0.15) is 0 Å². The number of hydrogen-bond acceptors (Lipinski definition) is 4. The second-order valence-corrected chi connectivity index (χ2v) is 8.34. The molecule has 2 aromatic rings. The first-order valence-electron chi connectivity index (χ1n) is 11.5. The zero-order chi connectivity index (χ0) is 27.7. The lowest BCUT2D eigenvalue weighted by molar-refractivity contribution is -0.344. The second-order valence-electron chi connectivity index (χ2n) is 8.34. The van der Waals surface area contributed by atoms with E-state index in [-0.39, 0.29) is 0 Å². The number of nitrogens with zero attached hydrogens (tertiary/aromatic N) is 2. The van der Waals surface area contributed by atoms with E-state index in [9.17, 15) is 39.9 Å². The molecule has 0 saturated carbocycles. The van der Waals surface area contributed by atoms with Crippen LogP contribution in [0.15, 0.2) is 42.7 Å². The highest BCUT2D eigenvalue weighted by atomic mass is 19.4. The van der Waals surface area contributed by atoms with Crippen molar-refractivity contribution in [1.29, 1.82) is 0 Å². The molecule has 0 amide bonds. The fraction of sp³-hybridized carbons (Fsp3) is 0.480. The number of hydrogen-bond donors (Lipinski definition) is 0. The summed E-state index contributed by atoms with van der Waals surface area (Å²) >= 11 is 0. The number of alkyl halides is 8. The summed E-state index contributed by atoms with van der Waals surface area (Å²) in [6.45, 7) is -0.367. The Morgan fingerprint density at radius 2 is 1.54 bits per heavy atom. The molecule has 0 radical (unpaired) electrons. The lowest BCUT2D eigenvalue weighted by Crippen LogP contribution is -2.59. The maximum absolute atomic E-state index is 13.4. The molecule has 0 saturated heterocycles. The van der Waals surface area contributed by atoms with Crippen LogP contribution in [0.2, 0.25) is 0 Å². The number of halogens is 8. The van der Waals surface area contributed by atoms with Crippen LogP contribution in [0.3, 0.4) is 0 Å². The molecule has 0 bridgehead atoms. The molecule has 0 unspecified atom stereocenters. The van der Waals surface area contributed by atoms with E-state index in [2.05, 4.69) is 21.6 Å². The molecule has 2 rings (SSSR count). The molecule has 0 fully saturated rings. The molecule has 0 N–H and O–H groups in total. The molecule has 12 heteroatoms. The van der Waals surface area contributed by atoms with Gasteiger partial charge in [0.05, 0.1) is 0 Å². The number of ether oxygens (including phenoxy) is 1. The maximum Gasteiger partial charge on any atom is 0.381 e. The molecule has 0 atom stereocenters. The summed E-state index contributed by atoms with van der Waals surface area (Å²) in [5.41, 5.74) is 2.04. The third-order valence-electron chi connectivity index (χ3n) is 5.40. The number of aryl methyl sites for hydroxylation is 1. The van der Waals surface area contributed by atoms with Gasteiger partial charge in [-0.3, -0.25) is 0 Å². The zero-order valence-electron chi connectivity index (χ0n) is 19.9. The summed E-state index contributed by atoms with van der Waals surface area (Å²) in [5.74, 6) is -19.6. The van der Waals surface area contributed by atoms with Crippen LogP contribution < -0.4 is 0 Å². The number of benzene rings is 1. The Hall–Kier alpha value is -3.05. The maximum atomic E-state index is 13.4. The number of unbranched alkanes of at least 4 members (excludes halogenated alkanes) is 4. The smallest absolute Gasteiger partial charge is 0.381 e. The van der Waals surface area contributed by atoms with E-state index in [1.165, 1.54) is 31.4 Å². The molecule has 204 valence electrons. The van der Waals surface area contributed by atoms with Gasteiger partial charge in [-0.2, -0.15) is 26.3 Å². The molecule has 0 spiro atoms. The molecule has 0 aliphatic carbocycles. The van der Waals surface area contributed by atoms with Gasteiger partial charge in [-0.15, -0.1) is 0 Å². The minimum Gasteiger partial charge on any atom is -0.456 e. The minimum absolute atomic E-state index is 0.380. The highest BCUT2D eigenvalue weighted by molar-refractivity contribution is 5.87. The molecule has 4 nitrogen and oxygen atoms in total. The van der Waals surface area contributed by atoms with Gasteiger partial charge in [-0.25, -0.2) is 23.5 Å². The van der Waals surface area contributed by atoms with Crippen LogP contribution >= 0.6 is 0 Å². The summed E-state index contributed by atoms with van der Waals surface area (Å²) in [6.07, 6.45) is 6.77. The van der Waals surface area contributed by atoms with Crippen LogP contribution in [0.5, 0.6) is 0 Å². The van der Waals surface area contributed by atoms with Crippen LogP contribution in [-0.4, -0.2) is 46.7 Å². The topological polar surface area (TPSA) is 52.1 Å². The van der Waals surface area contributed by atoms with Crippen LogP contribution in [0.25, 0.3) is 17.5 Å². The highest BCUT2D eigenvalue weighted by Crippen LogP contribution is 2.48. The molecule has 1 aromatic carbocycles. The number of carbonyl (C=O) groups excluding carboxylic acids is 1. The fourth-order valence-electron chi connectivity index (χ4n) is 3.15. The third kappa shape index (κ3) is 7.96. The first-order valence-corrected chi connectivity index (χ1v) is 11.5. The van der Waals surface area contributed by atoms with Crippen molar-refractivity contribution in [2.45, 2.75) is 69.6 Å². The summed E-state index contributed by atoms with van der Waals surface area (Å²) < 4.78 is 107. The van der Waals surface area contributed by atoms with Gasteiger partial charge in [-0.1, -0.05) is 56.9 Å². The van der Waals surface area contributed by atoms with Crippen molar-refractivity contribution >= 4 is 12.0 Å². The fourth-order valence-corrected chi connectivity index (χ4v) is 3.15. The van der Waals surface area contributed by atoms with Gasteiger partial charge in [-0.05, 0) is 30.0 Å². The van der Waals surface area contributed by atoms with Gasteiger partial charge in [0.2, 0.25) is 0 Å². The highest BCUT2D eigenvalue weighted by Gasteiger charge is 2.75. The van der Waals surface area contributed by atoms with Crippen molar-refractivity contribution in [2.24, 2.45) is 0 Å². The monoisotopic (exact) mass is 538 g/mol. The molecule has 0 aliphatic rings. The van der Waals surface area contributed by atoms with Gasteiger partial charge >= 0.3 is 30.2 Å². The van der Waals surface area contributed by atoms with E-state index in [0.717, 1.165) is 30.9 Å². The normalized spacial score (nSPS) is 12.9. The Balaban J connectivity index is 1.91. The Kier molecular flexibility index (Phi) is 10.6. The third-order valence-corrected chi connectivity index (χ3v) is 5.40. The first-order chi connectivity index (χ1) is 17.3. The Morgan fingerprint density at radius 1 is 0.946 bits per heavy atom. The lowest BCUT2D eigenvalue weighted by atomic mass is 10.1. The molecule has 1 aromatic heterocycles. The number of aromatic nitrogens is 2. The molecule has 0 aliphatic heterocycles. The van der Waals surface area contributed by atoms with Gasteiger partial charge < -0.3 is 4.74 Å². The Bertz CT molecular complexity index is 1030. The van der Waals surface area contributed by atoms with Gasteiger partial charge in [0.15, 0.2) is 12.4 Å². The second kappa shape index (κ2) is 13.0. The first kappa shape index (κ1) is 30.2. The summed E-state index contributed by atoms with van der Waals surface area (Å²) in [4.78, 5) is 20.2. The quantitative estimate of drug-likeness (QED) is 0.109. The average Bonchev–Trinajstić information content (AvgIpc) is 2.86. The van der Waals surface area contributed by atoms with Crippen molar-refractivity contribution in [2.75, 3.05) is 6.61 Å². The van der Waals surface area contributed by atoms with E-state index in [0.29, 0.717) is 23.0 Å². The van der Waals surface area contributed by atoms with Crippen LogP contribution in [0.1, 0.15) is 50.2 Å². The SMILES string of the molecule is CCCCCCCc1cnc(-c2ccc(C=CC(=O)OCC(F)(F)C(F)(F)C(F)(F)C(F)F)cc2)nc1. The van der Waals surface area contributed by atoms with E-state index in [1.807, 2.05) is 0 Å². The molecular formula is C25H26F8N2O2. The summed E-state index contributed by atoms with van der Waals surface area (Å²) in [6, 6.07) is 6.28. The van der Waals surface area contributed by atoms with E-state index in [1.54, 1.807) is 24.5 Å². The summed E-state index contributed by atoms with van der Waals surface area (Å²) in [5, 5.41) is 0. The standard InChI is InChI=1S/C25H26F8N2O2/c1-2-3-4-5-6-7-18-14-34-21(35-15-18)19-11-8-17(9-12-19)10-13-20(36)37-16-23(28,29)25(32,33)24(30,31)22(26)27/h8-15,22H,2-7,16H2,1H3. The predicted octanol–water partition coefficient (Wildman–Crippen LogP) is 7.38. The Morgan fingerprint density at radius 3 is 2.11 bits per heavy atom. The average molecular weight is 538 g/mol. The van der Waals surface area contributed by atoms with E-state index >= 15 is 0 Å². The molecule has 1 heterocycles. The van der Waals surface area contributed by atoms with Crippen LogP contribution in [0.4, 0.5) is 35.1 Å². The summed E-state index contributed by atoms with van der Waals surface area (Å²) in [7, 11) is 0. The van der Waals surface area contributed by atoms with E-state index < -0.39 is 36.8 Å². The van der Waals surface area contributed by atoms with Crippen molar-refractivity contribution in [3.05, 3.63) is 53.9 Å². The number of rotatable bonds is 14. The van der Waals surface area contributed by atoms with E-state index in [4.69, 9.17) is 0 Å². The zero-order valence-corrected chi connectivity index (χ0v) is 19.9. The molecule has 37 heavy (non-hydrogen) atoms. The van der Waals surface area contributed by atoms with Crippen LogP contribution in [0, 0.1) is 0 Å². The predicted molar refractivity (Wildman–Crippen MR) is 121 cm³/mol. The Labute approximate surface area is 208 Å². The number of esters is 1. The minimum atomic E-state index is -6.44.